The Bertz CT molecular complexity index is 1090. The first kappa shape index (κ1) is 20.3. The van der Waals surface area contributed by atoms with Gasteiger partial charge in [-0.05, 0) is 67.2 Å². The molecule has 2 N–H and O–H groups in total. The summed E-state index contributed by atoms with van der Waals surface area (Å²) >= 11 is 0. The van der Waals surface area contributed by atoms with E-state index >= 15 is 0 Å². The highest BCUT2D eigenvalue weighted by Gasteiger charge is 2.35. The highest BCUT2D eigenvalue weighted by Crippen LogP contribution is 2.38. The van der Waals surface area contributed by atoms with Crippen LogP contribution in [0.15, 0.2) is 18.5 Å². The predicted molar refractivity (Wildman–Crippen MR) is 116 cm³/mol. The zero-order valence-corrected chi connectivity index (χ0v) is 18.4. The van der Waals surface area contributed by atoms with Crippen LogP contribution in [-0.2, 0) is 47.7 Å². The quantitative estimate of drug-likeness (QED) is 0.733. The Hall–Kier alpha value is -2.59. The van der Waals surface area contributed by atoms with E-state index in [0.717, 1.165) is 55.3 Å². The average Bonchev–Trinajstić information content (AvgIpc) is 3.48. The molecule has 1 aromatic heterocycles. The van der Waals surface area contributed by atoms with Crippen molar-refractivity contribution in [3.63, 3.8) is 0 Å². The summed E-state index contributed by atoms with van der Waals surface area (Å²) in [5, 5.41) is 6.98. The molecule has 1 fully saturated rings. The lowest BCUT2D eigenvalue weighted by Crippen LogP contribution is -2.50. The Morgan fingerprint density at radius 2 is 1.90 bits per heavy atom. The van der Waals surface area contributed by atoms with Crippen LogP contribution in [0.4, 0.5) is 16.2 Å². The third kappa shape index (κ3) is 3.78. The maximum Gasteiger partial charge on any atom is 0.334 e. The Balaban J connectivity index is 1.41. The molecule has 0 saturated carbocycles. The Labute approximate surface area is 181 Å². The molecule has 2 amide bonds. The van der Waals surface area contributed by atoms with Crippen molar-refractivity contribution in [2.75, 3.05) is 22.8 Å². The molecule has 0 radical (unpaired) electrons. The molecule has 10 heteroatoms. The topological polar surface area (TPSA) is 106 Å². The Kier molecular flexibility index (Phi) is 5.13. The van der Waals surface area contributed by atoms with Crippen LogP contribution in [0.3, 0.4) is 0 Å². The number of ether oxygens (including phenoxy) is 1. The van der Waals surface area contributed by atoms with Crippen LogP contribution in [0.25, 0.3) is 0 Å². The number of hydrogen-bond acceptors (Lipinski definition) is 5. The number of rotatable bonds is 5. The average molecular weight is 446 g/mol. The third-order valence-electron chi connectivity index (χ3n) is 6.38. The summed E-state index contributed by atoms with van der Waals surface area (Å²) in [4.78, 5) is 12.9. The molecular weight excluding hydrogens is 418 g/mol. The number of benzene rings is 1. The van der Waals surface area contributed by atoms with Gasteiger partial charge in [0.25, 0.3) is 0 Å². The summed E-state index contributed by atoms with van der Waals surface area (Å²) < 4.78 is 36.9. The van der Waals surface area contributed by atoms with Gasteiger partial charge in [-0.2, -0.15) is 13.5 Å². The minimum Gasteiger partial charge on any atom is -0.379 e. The lowest BCUT2D eigenvalue weighted by Gasteiger charge is -2.28. The van der Waals surface area contributed by atoms with Gasteiger partial charge in [-0.3, -0.25) is 4.68 Å². The van der Waals surface area contributed by atoms with Gasteiger partial charge in [-0.25, -0.2) is 13.8 Å². The van der Waals surface area contributed by atoms with Crippen LogP contribution < -0.4 is 14.3 Å². The molecule has 1 atom stereocenters. The van der Waals surface area contributed by atoms with E-state index in [1.807, 2.05) is 0 Å². The maximum absolute atomic E-state index is 13.3. The molecule has 2 heterocycles. The van der Waals surface area contributed by atoms with Crippen LogP contribution in [-0.4, -0.2) is 43.5 Å². The Morgan fingerprint density at radius 3 is 2.48 bits per heavy atom. The van der Waals surface area contributed by atoms with Gasteiger partial charge in [0.05, 0.1) is 24.5 Å². The molecule has 2 aromatic rings. The summed E-state index contributed by atoms with van der Waals surface area (Å²) in [6.07, 6.45) is 9.60. The number of nitrogens with zero attached hydrogens (tertiary/aromatic N) is 3. The zero-order chi connectivity index (χ0) is 21.6. The molecule has 5 rings (SSSR count). The maximum atomic E-state index is 13.3. The standard InChI is InChI=1S/C21H27N5O4S/c1-25-12-17(11-22-25)26(16-8-9-30-13-16)31(28,29)24-21(27)23-20-18-6-2-4-14(18)10-15-5-3-7-19(15)20/h10-12,16H,2-9,13H2,1H3,(H2,23,24,27). The number of aromatic nitrogens is 2. The van der Waals surface area contributed by atoms with Crippen LogP contribution in [0.5, 0.6) is 0 Å². The van der Waals surface area contributed by atoms with Crippen molar-refractivity contribution in [1.82, 2.24) is 14.5 Å². The molecule has 1 aliphatic heterocycles. The van der Waals surface area contributed by atoms with Crippen molar-refractivity contribution in [1.29, 1.82) is 0 Å². The minimum atomic E-state index is -4.16. The third-order valence-corrected chi connectivity index (χ3v) is 7.85. The van der Waals surface area contributed by atoms with E-state index < -0.39 is 16.2 Å². The smallest absolute Gasteiger partial charge is 0.334 e. The molecular formula is C21H27N5O4S. The van der Waals surface area contributed by atoms with E-state index in [0.29, 0.717) is 18.7 Å². The van der Waals surface area contributed by atoms with Crippen LogP contribution in [0.2, 0.25) is 0 Å². The van der Waals surface area contributed by atoms with E-state index in [9.17, 15) is 13.2 Å². The number of carbonyl (C=O) groups is 1. The van der Waals surface area contributed by atoms with E-state index in [2.05, 4.69) is 21.2 Å². The molecule has 1 unspecified atom stereocenters. The van der Waals surface area contributed by atoms with Gasteiger partial charge in [0.15, 0.2) is 0 Å². The number of hydrogen-bond donors (Lipinski definition) is 2. The van der Waals surface area contributed by atoms with Crippen LogP contribution in [0, 0.1) is 0 Å². The zero-order valence-electron chi connectivity index (χ0n) is 17.6. The summed E-state index contributed by atoms with van der Waals surface area (Å²) in [6.45, 7) is 0.753. The van der Waals surface area contributed by atoms with Gasteiger partial charge in [-0.15, -0.1) is 0 Å². The second-order valence-corrected chi connectivity index (χ2v) is 10.0. The van der Waals surface area contributed by atoms with Gasteiger partial charge in [0.2, 0.25) is 0 Å². The van der Waals surface area contributed by atoms with Gasteiger partial charge in [0, 0.05) is 25.5 Å². The minimum absolute atomic E-state index is 0.275. The molecule has 1 saturated heterocycles. The lowest BCUT2D eigenvalue weighted by atomic mass is 9.99. The SMILES string of the molecule is Cn1cc(N(C2CCOC2)S(=O)(=O)NC(=O)Nc2c3c(cc4c2CCC4)CCC3)cn1. The second kappa shape index (κ2) is 7.83. The molecule has 9 nitrogen and oxygen atoms in total. The second-order valence-electron chi connectivity index (χ2n) is 8.48. The molecule has 31 heavy (non-hydrogen) atoms. The van der Waals surface area contributed by atoms with Gasteiger partial charge >= 0.3 is 16.2 Å². The first-order valence-corrected chi connectivity index (χ1v) is 12.2. The predicted octanol–water partition coefficient (Wildman–Crippen LogP) is 2.06. The van der Waals surface area contributed by atoms with Crippen LogP contribution in [0.1, 0.15) is 41.5 Å². The normalized spacial score (nSPS) is 19.8. The number of urea groups is 1. The fraction of sp³-hybridized carbons (Fsp3) is 0.524. The van der Waals surface area contributed by atoms with Gasteiger partial charge < -0.3 is 10.1 Å². The van der Waals surface area contributed by atoms with Crippen molar-refractivity contribution < 1.29 is 17.9 Å². The van der Waals surface area contributed by atoms with E-state index in [1.165, 1.54) is 26.3 Å². The molecule has 1 aromatic carbocycles. The van der Waals surface area contributed by atoms with Crippen molar-refractivity contribution in [3.05, 3.63) is 40.7 Å². The summed E-state index contributed by atoms with van der Waals surface area (Å²) in [5.41, 5.74) is 6.08. The number of nitrogens with one attached hydrogen (secondary N) is 2. The largest absolute Gasteiger partial charge is 0.379 e. The van der Waals surface area contributed by atoms with Gasteiger partial charge in [-0.1, -0.05) is 6.07 Å². The number of aryl methyl sites for hydroxylation is 3. The number of carbonyl (C=O) groups excluding carboxylic acids is 1. The van der Waals surface area contributed by atoms with Gasteiger partial charge in [0.1, 0.15) is 0 Å². The number of anilines is 2. The summed E-state index contributed by atoms with van der Waals surface area (Å²) in [7, 11) is -2.44. The van der Waals surface area contributed by atoms with E-state index in [4.69, 9.17) is 4.74 Å². The van der Waals surface area contributed by atoms with Crippen LogP contribution >= 0.6 is 0 Å². The highest BCUT2D eigenvalue weighted by atomic mass is 32.2. The van der Waals surface area contributed by atoms with E-state index in [-0.39, 0.29) is 12.6 Å². The monoisotopic (exact) mass is 445 g/mol. The fourth-order valence-corrected chi connectivity index (χ4v) is 6.36. The van der Waals surface area contributed by atoms with Crippen molar-refractivity contribution in [2.45, 2.75) is 51.0 Å². The molecule has 166 valence electrons. The van der Waals surface area contributed by atoms with Crippen molar-refractivity contribution in [2.24, 2.45) is 7.05 Å². The lowest BCUT2D eigenvalue weighted by molar-refractivity contribution is 0.194. The first-order valence-electron chi connectivity index (χ1n) is 10.8. The summed E-state index contributed by atoms with van der Waals surface area (Å²) in [5.74, 6) is 0. The Morgan fingerprint density at radius 1 is 1.19 bits per heavy atom. The van der Waals surface area contributed by atoms with E-state index in [1.54, 1.807) is 13.2 Å². The molecule has 2 aliphatic carbocycles. The molecule has 3 aliphatic rings. The summed E-state index contributed by atoms with van der Waals surface area (Å²) in [6, 6.07) is 1.15. The molecule has 0 spiro atoms. The highest BCUT2D eigenvalue weighted by molar-refractivity contribution is 7.91. The number of amides is 2. The number of fused-ring (bicyclic) bond motifs is 2. The first-order chi connectivity index (χ1) is 14.9. The fourth-order valence-electron chi connectivity index (χ4n) is 5.05. The van der Waals surface area contributed by atoms with Crippen molar-refractivity contribution in [3.8, 4) is 0 Å². The van der Waals surface area contributed by atoms with Crippen molar-refractivity contribution >= 4 is 27.6 Å². The molecule has 0 bridgehead atoms.